The largest absolute Gasteiger partial charge is 0.472 e. The molecule has 0 rings (SSSR count). The molecule has 564 valence electrons. The number of aliphatic hydroxyl groups excluding tert-OH is 1. The summed E-state index contributed by atoms with van der Waals surface area (Å²) < 4.78 is 68.4. The van der Waals surface area contributed by atoms with Crippen LogP contribution in [-0.4, -0.2) is 96.7 Å². The second-order valence-electron chi connectivity index (χ2n) is 28.6. The number of phosphoric acid groups is 2. The van der Waals surface area contributed by atoms with Crippen molar-refractivity contribution in [2.24, 2.45) is 23.7 Å². The lowest BCUT2D eigenvalue weighted by Crippen LogP contribution is -2.30. The lowest BCUT2D eigenvalue weighted by molar-refractivity contribution is -0.161. The van der Waals surface area contributed by atoms with Gasteiger partial charge in [0.2, 0.25) is 0 Å². The average molecular weight is 1400 g/mol. The molecule has 0 saturated carbocycles. The first-order chi connectivity index (χ1) is 45.7. The summed E-state index contributed by atoms with van der Waals surface area (Å²) in [5, 5.41) is 10.6. The standard InChI is InChI=1S/C76H148O17P2/c1-9-67(6)53-45-37-29-22-20-18-16-14-12-13-15-17-19-21-23-31-40-48-56-73(78)86-62-71(92-75(80)58-50-42-32-26-24-28-36-44-52-66(4)5)64-90-94(82,83)88-60-70(77)61-89-95(84,85)91-65-72(63-87-74(79)57-49-41-35-34-39-47-55-69(8)11-3)93-76(81)59-51-43-33-27-25-30-38-46-54-68(7)10-2/h66-72,77H,9-65H2,1-8H3,(H,82,83)(H,84,85)/t67?,68?,69?,70-,71-,72-/m1/s1. The molecule has 0 saturated heterocycles. The van der Waals surface area contributed by atoms with E-state index in [1.165, 1.54) is 180 Å². The highest BCUT2D eigenvalue weighted by atomic mass is 31.2. The van der Waals surface area contributed by atoms with Gasteiger partial charge in [-0.25, -0.2) is 9.13 Å². The van der Waals surface area contributed by atoms with Crippen molar-refractivity contribution in [3.8, 4) is 0 Å². The summed E-state index contributed by atoms with van der Waals surface area (Å²) in [5.41, 5.74) is 0. The molecule has 0 aromatic rings. The zero-order chi connectivity index (χ0) is 70.3. The van der Waals surface area contributed by atoms with Crippen molar-refractivity contribution in [2.75, 3.05) is 39.6 Å². The van der Waals surface area contributed by atoms with Gasteiger partial charge in [0.25, 0.3) is 0 Å². The van der Waals surface area contributed by atoms with Crippen LogP contribution in [0.5, 0.6) is 0 Å². The Morgan fingerprint density at radius 2 is 0.505 bits per heavy atom. The predicted molar refractivity (Wildman–Crippen MR) is 386 cm³/mol. The van der Waals surface area contributed by atoms with Crippen LogP contribution in [0.15, 0.2) is 0 Å². The first-order valence-corrected chi connectivity index (χ1v) is 42.3. The van der Waals surface area contributed by atoms with Crippen LogP contribution in [0.2, 0.25) is 0 Å². The molecule has 95 heavy (non-hydrogen) atoms. The molecule has 0 aromatic heterocycles. The molecule has 0 amide bonds. The number of esters is 4. The molecule has 19 heteroatoms. The fourth-order valence-corrected chi connectivity index (χ4v) is 13.0. The third kappa shape index (κ3) is 66.4. The molecule has 8 atom stereocenters. The first kappa shape index (κ1) is 93.1. The van der Waals surface area contributed by atoms with Crippen LogP contribution in [0.1, 0.15) is 383 Å². The van der Waals surface area contributed by atoms with E-state index in [1.54, 1.807) is 0 Å². The molecule has 0 heterocycles. The van der Waals surface area contributed by atoms with Gasteiger partial charge in [-0.15, -0.1) is 0 Å². The minimum absolute atomic E-state index is 0.104. The molecule has 0 spiro atoms. The number of carbonyl (C=O) groups is 4. The average Bonchev–Trinajstić information content (AvgIpc) is 1.60. The quantitative estimate of drug-likeness (QED) is 0.0222. The van der Waals surface area contributed by atoms with E-state index in [1.807, 2.05) is 0 Å². The van der Waals surface area contributed by atoms with E-state index < -0.39 is 97.5 Å². The minimum atomic E-state index is -4.96. The molecule has 0 aliphatic rings. The summed E-state index contributed by atoms with van der Waals surface area (Å²) >= 11 is 0. The summed E-state index contributed by atoms with van der Waals surface area (Å²) in [6.45, 7) is 14.2. The fourth-order valence-electron chi connectivity index (χ4n) is 11.5. The molecule has 0 radical (unpaired) electrons. The summed E-state index contributed by atoms with van der Waals surface area (Å²) in [5.74, 6) is 0.966. The van der Waals surface area contributed by atoms with Crippen LogP contribution < -0.4 is 0 Å². The highest BCUT2D eigenvalue weighted by Crippen LogP contribution is 2.45. The number of rotatable bonds is 73. The number of unbranched alkanes of at least 4 members (excludes halogenated alkanes) is 36. The second-order valence-corrected chi connectivity index (χ2v) is 31.5. The molecular weight excluding hydrogens is 1250 g/mol. The van der Waals surface area contributed by atoms with E-state index in [0.29, 0.717) is 25.7 Å². The molecule has 3 N–H and O–H groups in total. The van der Waals surface area contributed by atoms with Gasteiger partial charge in [-0.3, -0.25) is 37.3 Å². The Bertz CT molecular complexity index is 1870. The number of ether oxygens (including phenoxy) is 4. The summed E-state index contributed by atoms with van der Waals surface area (Å²) in [6, 6.07) is 0. The first-order valence-electron chi connectivity index (χ1n) is 39.3. The summed E-state index contributed by atoms with van der Waals surface area (Å²) in [6.07, 6.45) is 50.1. The van der Waals surface area contributed by atoms with E-state index in [9.17, 15) is 43.2 Å². The number of phosphoric ester groups is 2. The lowest BCUT2D eigenvalue weighted by Gasteiger charge is -2.21. The summed E-state index contributed by atoms with van der Waals surface area (Å²) in [4.78, 5) is 72.7. The molecule has 0 aliphatic heterocycles. The van der Waals surface area contributed by atoms with Gasteiger partial charge in [0.15, 0.2) is 12.2 Å². The Balaban J connectivity index is 5.15. The van der Waals surface area contributed by atoms with Crippen molar-refractivity contribution >= 4 is 39.5 Å². The monoisotopic (exact) mass is 1400 g/mol. The molecule has 17 nitrogen and oxygen atoms in total. The molecule has 0 aromatic carbocycles. The zero-order valence-corrected chi connectivity index (χ0v) is 64.1. The molecule has 0 aliphatic carbocycles. The molecular formula is C76H148O17P2. The highest BCUT2D eigenvalue weighted by molar-refractivity contribution is 7.47. The van der Waals surface area contributed by atoms with Crippen LogP contribution >= 0.6 is 15.6 Å². The Morgan fingerprint density at radius 1 is 0.295 bits per heavy atom. The zero-order valence-electron chi connectivity index (χ0n) is 62.3. The smallest absolute Gasteiger partial charge is 0.462 e. The highest BCUT2D eigenvalue weighted by Gasteiger charge is 2.30. The van der Waals surface area contributed by atoms with Gasteiger partial charge < -0.3 is 33.8 Å². The van der Waals surface area contributed by atoms with Crippen molar-refractivity contribution in [3.63, 3.8) is 0 Å². The number of hydrogen-bond acceptors (Lipinski definition) is 15. The Morgan fingerprint density at radius 3 is 0.747 bits per heavy atom. The summed E-state index contributed by atoms with van der Waals surface area (Å²) in [7, 11) is -9.91. The van der Waals surface area contributed by atoms with Gasteiger partial charge in [0.05, 0.1) is 26.4 Å². The number of hydrogen-bond donors (Lipinski definition) is 3. The van der Waals surface area contributed by atoms with Gasteiger partial charge in [0.1, 0.15) is 19.3 Å². The van der Waals surface area contributed by atoms with Crippen molar-refractivity contribution < 1.29 is 80.2 Å². The topological polar surface area (TPSA) is 237 Å². The van der Waals surface area contributed by atoms with E-state index in [4.69, 9.17) is 37.0 Å². The van der Waals surface area contributed by atoms with Crippen LogP contribution in [0, 0.1) is 23.7 Å². The van der Waals surface area contributed by atoms with Crippen LogP contribution in [0.25, 0.3) is 0 Å². The Hall–Kier alpha value is -1.94. The number of carbonyl (C=O) groups excluding carboxylic acids is 4. The lowest BCUT2D eigenvalue weighted by atomic mass is 9.99. The van der Waals surface area contributed by atoms with Gasteiger partial charge in [-0.05, 0) is 49.4 Å². The van der Waals surface area contributed by atoms with Crippen molar-refractivity contribution in [1.82, 2.24) is 0 Å². The van der Waals surface area contributed by atoms with E-state index in [-0.39, 0.29) is 25.7 Å². The van der Waals surface area contributed by atoms with E-state index in [2.05, 4.69) is 55.4 Å². The normalized spacial score (nSPS) is 15.0. The maximum absolute atomic E-state index is 13.1. The van der Waals surface area contributed by atoms with Crippen molar-refractivity contribution in [3.05, 3.63) is 0 Å². The van der Waals surface area contributed by atoms with Gasteiger partial charge in [-0.2, -0.15) is 0 Å². The maximum atomic E-state index is 13.1. The molecule has 5 unspecified atom stereocenters. The minimum Gasteiger partial charge on any atom is -0.462 e. The van der Waals surface area contributed by atoms with E-state index in [0.717, 1.165) is 120 Å². The van der Waals surface area contributed by atoms with Crippen LogP contribution in [0.3, 0.4) is 0 Å². The maximum Gasteiger partial charge on any atom is 0.472 e. The van der Waals surface area contributed by atoms with Gasteiger partial charge in [-0.1, -0.05) is 331 Å². The van der Waals surface area contributed by atoms with Crippen molar-refractivity contribution in [1.29, 1.82) is 0 Å². The van der Waals surface area contributed by atoms with Gasteiger partial charge >= 0.3 is 39.5 Å². The van der Waals surface area contributed by atoms with Crippen LogP contribution in [0.4, 0.5) is 0 Å². The molecule has 0 fully saturated rings. The van der Waals surface area contributed by atoms with Gasteiger partial charge in [0, 0.05) is 25.7 Å². The fraction of sp³-hybridized carbons (Fsp3) is 0.947. The van der Waals surface area contributed by atoms with Crippen molar-refractivity contribution in [2.45, 2.75) is 401 Å². The van der Waals surface area contributed by atoms with E-state index >= 15 is 0 Å². The Kier molecular flexibility index (Phi) is 64.0. The van der Waals surface area contributed by atoms with Crippen LogP contribution in [-0.2, 0) is 65.4 Å². The Labute approximate surface area is 581 Å². The predicted octanol–water partition coefficient (Wildman–Crippen LogP) is 22.0. The molecule has 0 bridgehead atoms. The third-order valence-corrected chi connectivity index (χ3v) is 20.6. The number of aliphatic hydroxyl groups is 1. The SMILES string of the molecule is CCC(C)CCCCCCCCCCCCCCCCCCCCC(=O)OC[C@H](COP(=O)(O)OC[C@@H](O)COP(=O)(O)OC[C@@H](COC(=O)CCCCCCCCC(C)CC)OC(=O)CCCCCCCCCCC(C)CC)OC(=O)CCCCCCCCCCC(C)C. The second kappa shape index (κ2) is 65.4. The third-order valence-electron chi connectivity index (χ3n) is 18.7.